The number of carboxylic acid groups (broad SMARTS) is 1. The maximum atomic E-state index is 12.9. The first-order valence-corrected chi connectivity index (χ1v) is 9.49. The third-order valence-corrected chi connectivity index (χ3v) is 4.94. The molecule has 10 heteroatoms. The van der Waals surface area contributed by atoms with Crippen molar-refractivity contribution >= 4 is 23.9 Å². The van der Waals surface area contributed by atoms with Crippen molar-refractivity contribution in [1.82, 2.24) is 20.2 Å². The summed E-state index contributed by atoms with van der Waals surface area (Å²) in [4.78, 5) is 50.3. The molecular weight excluding hydrogens is 368 g/mol. The molecule has 2 N–H and O–H groups in total. The lowest BCUT2D eigenvalue weighted by Gasteiger charge is -2.31. The van der Waals surface area contributed by atoms with Gasteiger partial charge in [0.1, 0.15) is 23.7 Å². The maximum absolute atomic E-state index is 12.9. The first-order valence-electron chi connectivity index (χ1n) is 9.49. The summed E-state index contributed by atoms with van der Waals surface area (Å²) in [6, 6.07) is -2.59. The van der Waals surface area contributed by atoms with E-state index in [0.29, 0.717) is 32.4 Å². The van der Waals surface area contributed by atoms with Gasteiger partial charge < -0.3 is 15.2 Å². The van der Waals surface area contributed by atoms with E-state index < -0.39 is 47.6 Å². The fourth-order valence-corrected chi connectivity index (χ4v) is 3.29. The normalized spacial score (nSPS) is 24.2. The van der Waals surface area contributed by atoms with Crippen molar-refractivity contribution < 1.29 is 29.0 Å². The summed E-state index contributed by atoms with van der Waals surface area (Å²) in [5.41, 5.74) is -0.691. The Balaban J connectivity index is 2.04. The van der Waals surface area contributed by atoms with Crippen LogP contribution < -0.4 is 5.32 Å². The van der Waals surface area contributed by atoms with E-state index in [1.807, 2.05) is 0 Å². The number of nitrogens with zero attached hydrogens (tertiary/aromatic N) is 3. The molecule has 0 saturated carbocycles. The lowest BCUT2D eigenvalue weighted by atomic mass is 10.1. The summed E-state index contributed by atoms with van der Waals surface area (Å²) in [5.74, 6) is -1.98. The van der Waals surface area contributed by atoms with Crippen LogP contribution in [0.3, 0.4) is 0 Å². The Bertz CT molecular complexity index is 646. The van der Waals surface area contributed by atoms with Gasteiger partial charge in [-0.1, -0.05) is 0 Å². The van der Waals surface area contributed by atoms with E-state index in [1.54, 1.807) is 32.7 Å². The average molecular weight is 398 g/mol. The number of hydrogen-bond donors (Lipinski definition) is 2. The summed E-state index contributed by atoms with van der Waals surface area (Å²) in [5, 5.41) is 15.1. The molecule has 28 heavy (non-hydrogen) atoms. The van der Waals surface area contributed by atoms with E-state index in [9.17, 15) is 24.3 Å². The van der Waals surface area contributed by atoms with Gasteiger partial charge in [0.2, 0.25) is 5.91 Å². The van der Waals surface area contributed by atoms with Crippen LogP contribution in [0.25, 0.3) is 0 Å². The van der Waals surface area contributed by atoms with Gasteiger partial charge in [-0.2, -0.15) is 0 Å². The van der Waals surface area contributed by atoms with E-state index in [0.717, 1.165) is 0 Å². The van der Waals surface area contributed by atoms with E-state index >= 15 is 0 Å². The second-order valence-electron chi connectivity index (χ2n) is 8.25. The van der Waals surface area contributed by atoms with Crippen LogP contribution in [0.5, 0.6) is 0 Å². The third-order valence-electron chi connectivity index (χ3n) is 4.94. The molecule has 0 aromatic rings. The molecule has 0 aromatic heterocycles. The highest BCUT2D eigenvalue weighted by atomic mass is 16.6. The Morgan fingerprint density at radius 2 is 1.89 bits per heavy atom. The van der Waals surface area contributed by atoms with Gasteiger partial charge in [-0.15, -0.1) is 0 Å². The summed E-state index contributed by atoms with van der Waals surface area (Å²) >= 11 is 0. The fourth-order valence-electron chi connectivity index (χ4n) is 3.29. The van der Waals surface area contributed by atoms with Crippen LogP contribution in [0.15, 0.2) is 0 Å². The summed E-state index contributed by atoms with van der Waals surface area (Å²) < 4.78 is 5.26. The zero-order chi connectivity index (χ0) is 21.2. The number of hydrazine groups is 1. The number of likely N-dealkylation sites (N-methyl/N-ethyl adjacent to an activating group) is 1. The highest BCUT2D eigenvalue weighted by Gasteiger charge is 2.44. The molecule has 0 aliphatic carbocycles. The van der Waals surface area contributed by atoms with Crippen molar-refractivity contribution in [2.75, 3.05) is 20.1 Å². The lowest BCUT2D eigenvalue weighted by molar-refractivity contribution is -0.160. The molecule has 2 aliphatic heterocycles. The van der Waals surface area contributed by atoms with Gasteiger partial charge in [0.15, 0.2) is 0 Å². The Kier molecular flexibility index (Phi) is 6.53. The van der Waals surface area contributed by atoms with Gasteiger partial charge in [-0.05, 0) is 47.0 Å². The highest BCUT2D eigenvalue weighted by Crippen LogP contribution is 2.24. The Morgan fingerprint density at radius 3 is 2.46 bits per heavy atom. The number of rotatable bonds is 4. The molecule has 0 unspecified atom stereocenters. The van der Waals surface area contributed by atoms with Crippen molar-refractivity contribution in [2.45, 2.75) is 70.7 Å². The first kappa shape index (κ1) is 21.9. The van der Waals surface area contributed by atoms with Gasteiger partial charge in [-0.3, -0.25) is 19.5 Å². The Morgan fingerprint density at radius 1 is 1.25 bits per heavy atom. The topological polar surface area (TPSA) is 119 Å². The van der Waals surface area contributed by atoms with Gasteiger partial charge in [0, 0.05) is 20.1 Å². The standard InChI is InChI=1S/C18H30N4O6/c1-11(20(5)17(27)28-18(2,3)4)14(23)19-12-7-6-9-21-10-8-13(16(25)26)22(21)15(12)24/h11-13H,6-10H2,1-5H3,(H,19,23)(H,25,26)/t11-,12-,13-/m0/s1. The third kappa shape index (κ3) is 4.92. The molecule has 2 heterocycles. The van der Waals surface area contributed by atoms with Gasteiger partial charge in [-0.25, -0.2) is 14.6 Å². The average Bonchev–Trinajstić information content (AvgIpc) is 2.95. The molecule has 158 valence electrons. The second-order valence-corrected chi connectivity index (χ2v) is 8.25. The van der Waals surface area contributed by atoms with Crippen molar-refractivity contribution in [3.8, 4) is 0 Å². The van der Waals surface area contributed by atoms with E-state index in [-0.39, 0.29) is 0 Å². The molecule has 2 rings (SSSR count). The minimum Gasteiger partial charge on any atom is -0.480 e. The quantitative estimate of drug-likeness (QED) is 0.704. The van der Waals surface area contributed by atoms with Gasteiger partial charge in [0.25, 0.3) is 5.91 Å². The molecule has 2 aliphatic rings. The molecule has 10 nitrogen and oxygen atoms in total. The molecular formula is C18H30N4O6. The minimum absolute atomic E-state index is 0.361. The maximum Gasteiger partial charge on any atom is 0.410 e. The molecule has 0 radical (unpaired) electrons. The van der Waals surface area contributed by atoms with Gasteiger partial charge >= 0.3 is 12.1 Å². The first-order chi connectivity index (χ1) is 12.9. The summed E-state index contributed by atoms with van der Waals surface area (Å²) in [7, 11) is 1.45. The van der Waals surface area contributed by atoms with Crippen LogP contribution in [-0.2, 0) is 19.1 Å². The number of fused-ring (bicyclic) bond motifs is 1. The number of hydrogen-bond acceptors (Lipinski definition) is 6. The number of carbonyl (C=O) groups excluding carboxylic acids is 3. The SMILES string of the molecule is C[C@@H](C(=O)N[C@H]1CCCN2CC[C@@H](C(=O)O)N2C1=O)N(C)C(=O)OC(C)(C)C. The number of nitrogens with one attached hydrogen (secondary N) is 1. The van der Waals surface area contributed by atoms with Crippen LogP contribution in [-0.4, -0.2) is 87.8 Å². The fraction of sp³-hybridized carbons (Fsp3) is 0.778. The van der Waals surface area contributed by atoms with Crippen molar-refractivity contribution in [2.24, 2.45) is 0 Å². The van der Waals surface area contributed by atoms with Crippen molar-refractivity contribution in [3.63, 3.8) is 0 Å². The zero-order valence-corrected chi connectivity index (χ0v) is 17.1. The molecule has 0 aromatic carbocycles. The predicted octanol–water partition coefficient (Wildman–Crippen LogP) is 0.423. The number of carbonyl (C=O) groups is 4. The van der Waals surface area contributed by atoms with Gasteiger partial charge in [0.05, 0.1) is 0 Å². The predicted molar refractivity (Wildman–Crippen MR) is 99.1 cm³/mol. The van der Waals surface area contributed by atoms with Crippen molar-refractivity contribution in [3.05, 3.63) is 0 Å². The van der Waals surface area contributed by atoms with E-state index in [2.05, 4.69) is 5.32 Å². The second kappa shape index (κ2) is 8.34. The van der Waals surface area contributed by atoms with E-state index in [1.165, 1.54) is 17.0 Å². The molecule has 2 saturated heterocycles. The van der Waals surface area contributed by atoms with Crippen LogP contribution in [0.1, 0.15) is 47.0 Å². The van der Waals surface area contributed by atoms with E-state index in [4.69, 9.17) is 4.74 Å². The van der Waals surface area contributed by atoms with Crippen LogP contribution in [0, 0.1) is 0 Å². The molecule has 0 spiro atoms. The van der Waals surface area contributed by atoms with Crippen LogP contribution >= 0.6 is 0 Å². The van der Waals surface area contributed by atoms with Crippen LogP contribution in [0.2, 0.25) is 0 Å². The lowest BCUT2D eigenvalue weighted by Crippen LogP contribution is -2.56. The summed E-state index contributed by atoms with van der Waals surface area (Å²) in [6.45, 7) is 7.80. The number of carboxylic acids is 1. The summed E-state index contributed by atoms with van der Waals surface area (Å²) in [6.07, 6.45) is 0.779. The Hall–Kier alpha value is -2.36. The number of ether oxygens (including phenoxy) is 1. The van der Waals surface area contributed by atoms with Crippen LogP contribution in [0.4, 0.5) is 4.79 Å². The monoisotopic (exact) mass is 398 g/mol. The smallest absolute Gasteiger partial charge is 0.410 e. The minimum atomic E-state index is -1.05. The molecule has 2 fully saturated rings. The number of amides is 3. The number of aliphatic carboxylic acids is 1. The molecule has 0 bridgehead atoms. The van der Waals surface area contributed by atoms with Crippen molar-refractivity contribution in [1.29, 1.82) is 0 Å². The zero-order valence-electron chi connectivity index (χ0n) is 17.1. The highest BCUT2D eigenvalue weighted by molar-refractivity contribution is 5.92. The largest absolute Gasteiger partial charge is 0.480 e. The molecule has 3 amide bonds. The Labute approximate surface area is 164 Å². The molecule has 3 atom stereocenters.